The first kappa shape index (κ1) is 19.1. The zero-order valence-electron chi connectivity index (χ0n) is 17.0. The van der Waals surface area contributed by atoms with E-state index in [4.69, 9.17) is 16.1 Å². The summed E-state index contributed by atoms with van der Waals surface area (Å²) in [7, 11) is 0. The van der Waals surface area contributed by atoms with Crippen LogP contribution in [0.1, 0.15) is 63.2 Å². The molecule has 3 unspecified atom stereocenters. The maximum absolute atomic E-state index is 13.3. The fourth-order valence-corrected chi connectivity index (χ4v) is 6.22. The summed E-state index contributed by atoms with van der Waals surface area (Å²) in [6.07, 6.45) is 6.29. The Labute approximate surface area is 174 Å². The normalized spacial score (nSPS) is 33.3. The van der Waals surface area contributed by atoms with Gasteiger partial charge in [-0.1, -0.05) is 5.16 Å². The smallest absolute Gasteiger partial charge is 0.255 e. The van der Waals surface area contributed by atoms with Crippen molar-refractivity contribution in [3.63, 3.8) is 0 Å². The first-order valence-electron chi connectivity index (χ1n) is 10.4. The molecule has 4 bridgehead atoms. The zero-order valence-corrected chi connectivity index (χ0v) is 17.7. The maximum atomic E-state index is 13.3. The Bertz CT molecular complexity index is 944. The molecule has 4 saturated carbocycles. The van der Waals surface area contributed by atoms with Gasteiger partial charge < -0.3 is 14.9 Å². The van der Waals surface area contributed by atoms with Gasteiger partial charge in [-0.05, 0) is 82.2 Å². The molecular weight excluding hydrogens is 392 g/mol. The van der Waals surface area contributed by atoms with Gasteiger partial charge in [0, 0.05) is 12.1 Å². The molecule has 5 atom stereocenters. The Hall–Kier alpha value is -1.86. The standard InChI is InChI=1S/C21H27ClN4O3/c1-20(2,3)26-18(15-6-16(22)29-25-15)14(10-23-26)19(27)24-17-12-4-11-5-13(17)9-21(28,7-11)8-12/h6,10-13,17,28H,4-5,7-9H2,1-3H3,(H,24,27)/t11?,12-,13+,17?,21?. The molecule has 4 fully saturated rings. The van der Waals surface area contributed by atoms with Gasteiger partial charge in [0.25, 0.3) is 5.91 Å². The third-order valence-electron chi connectivity index (χ3n) is 6.91. The van der Waals surface area contributed by atoms with Crippen molar-refractivity contribution < 1.29 is 14.4 Å². The minimum Gasteiger partial charge on any atom is -0.390 e. The van der Waals surface area contributed by atoms with Crippen molar-refractivity contribution in [1.29, 1.82) is 0 Å². The number of aliphatic hydroxyl groups is 1. The van der Waals surface area contributed by atoms with Crippen molar-refractivity contribution >= 4 is 17.5 Å². The fourth-order valence-electron chi connectivity index (χ4n) is 6.08. The largest absolute Gasteiger partial charge is 0.390 e. The van der Waals surface area contributed by atoms with E-state index in [2.05, 4.69) is 15.6 Å². The van der Waals surface area contributed by atoms with Gasteiger partial charge in [0.15, 0.2) is 0 Å². The van der Waals surface area contributed by atoms with Crippen LogP contribution in [0.3, 0.4) is 0 Å². The van der Waals surface area contributed by atoms with Crippen LogP contribution in [-0.4, -0.2) is 37.6 Å². The van der Waals surface area contributed by atoms with Crippen molar-refractivity contribution in [2.24, 2.45) is 17.8 Å². The van der Waals surface area contributed by atoms with E-state index in [1.807, 2.05) is 20.8 Å². The van der Waals surface area contributed by atoms with E-state index in [-0.39, 0.29) is 22.7 Å². The summed E-state index contributed by atoms with van der Waals surface area (Å²) >= 11 is 5.94. The molecule has 1 amide bonds. The van der Waals surface area contributed by atoms with Crippen LogP contribution < -0.4 is 5.32 Å². The van der Waals surface area contributed by atoms with E-state index in [0.29, 0.717) is 34.7 Å². The molecule has 0 aromatic carbocycles. The Kier molecular flexibility index (Phi) is 4.17. The van der Waals surface area contributed by atoms with Crippen molar-refractivity contribution in [3.8, 4) is 11.4 Å². The van der Waals surface area contributed by atoms with Gasteiger partial charge in [-0.2, -0.15) is 5.10 Å². The monoisotopic (exact) mass is 418 g/mol. The van der Waals surface area contributed by atoms with Crippen LogP contribution in [0, 0.1) is 17.8 Å². The number of aromatic nitrogens is 3. The molecule has 2 heterocycles. The molecular formula is C21H27ClN4O3. The summed E-state index contributed by atoms with van der Waals surface area (Å²) in [4.78, 5) is 13.3. The number of amides is 1. The van der Waals surface area contributed by atoms with E-state index in [0.717, 1.165) is 32.1 Å². The molecule has 0 spiro atoms. The van der Waals surface area contributed by atoms with Crippen LogP contribution in [0.4, 0.5) is 0 Å². The summed E-state index contributed by atoms with van der Waals surface area (Å²) in [6, 6.07) is 1.71. The van der Waals surface area contributed by atoms with E-state index >= 15 is 0 Å². The second-order valence-electron chi connectivity index (χ2n) is 10.2. The number of carbonyl (C=O) groups excluding carboxylic acids is 1. The third kappa shape index (κ3) is 3.19. The number of halogens is 1. The highest BCUT2D eigenvalue weighted by atomic mass is 35.5. The Balaban J connectivity index is 1.46. The van der Waals surface area contributed by atoms with Gasteiger partial charge in [0.1, 0.15) is 11.4 Å². The van der Waals surface area contributed by atoms with E-state index in [1.165, 1.54) is 0 Å². The fraction of sp³-hybridized carbons (Fsp3) is 0.667. The topological polar surface area (TPSA) is 93.2 Å². The molecule has 156 valence electrons. The van der Waals surface area contributed by atoms with Gasteiger partial charge in [-0.15, -0.1) is 0 Å². The second kappa shape index (κ2) is 6.32. The molecule has 4 aliphatic carbocycles. The van der Waals surface area contributed by atoms with Gasteiger partial charge in [-0.3, -0.25) is 9.48 Å². The summed E-state index contributed by atoms with van der Waals surface area (Å²) < 4.78 is 6.83. The minimum absolute atomic E-state index is 0.103. The van der Waals surface area contributed by atoms with Gasteiger partial charge >= 0.3 is 0 Å². The lowest BCUT2D eigenvalue weighted by Crippen LogP contribution is -2.61. The lowest BCUT2D eigenvalue weighted by Gasteiger charge is -2.58. The molecule has 2 aromatic rings. The van der Waals surface area contributed by atoms with Crippen LogP contribution >= 0.6 is 11.6 Å². The van der Waals surface area contributed by atoms with Crippen molar-refractivity contribution in [1.82, 2.24) is 20.3 Å². The van der Waals surface area contributed by atoms with E-state index in [1.54, 1.807) is 16.9 Å². The number of carbonyl (C=O) groups is 1. The van der Waals surface area contributed by atoms with Crippen LogP contribution in [0.15, 0.2) is 16.8 Å². The summed E-state index contributed by atoms with van der Waals surface area (Å²) in [5.74, 6) is 1.14. The molecule has 29 heavy (non-hydrogen) atoms. The molecule has 8 heteroatoms. The minimum atomic E-state index is -0.516. The Morgan fingerprint density at radius 1 is 1.31 bits per heavy atom. The average molecular weight is 419 g/mol. The molecule has 0 radical (unpaired) electrons. The summed E-state index contributed by atoms with van der Waals surface area (Å²) in [5.41, 5.74) is 0.709. The highest BCUT2D eigenvalue weighted by molar-refractivity contribution is 6.29. The molecule has 7 nitrogen and oxygen atoms in total. The Morgan fingerprint density at radius 3 is 2.55 bits per heavy atom. The van der Waals surface area contributed by atoms with Gasteiger partial charge in [0.2, 0.25) is 5.22 Å². The SMILES string of the molecule is CC(C)(C)n1ncc(C(=O)NC2[C@@H]3CC4C[C@H]2CC(O)(C4)C3)c1-c1cc(Cl)on1. The number of nitrogens with zero attached hydrogens (tertiary/aromatic N) is 3. The average Bonchev–Trinajstić information content (AvgIpc) is 3.22. The van der Waals surface area contributed by atoms with E-state index in [9.17, 15) is 9.90 Å². The predicted molar refractivity (Wildman–Crippen MR) is 107 cm³/mol. The number of nitrogens with one attached hydrogen (secondary N) is 1. The highest BCUT2D eigenvalue weighted by Gasteiger charge is 2.55. The maximum Gasteiger partial charge on any atom is 0.255 e. The van der Waals surface area contributed by atoms with Crippen molar-refractivity contribution in [3.05, 3.63) is 23.0 Å². The predicted octanol–water partition coefficient (Wildman–Crippen LogP) is 3.62. The van der Waals surface area contributed by atoms with Crippen LogP contribution in [0.2, 0.25) is 5.22 Å². The third-order valence-corrected chi connectivity index (χ3v) is 7.09. The lowest BCUT2D eigenvalue weighted by atomic mass is 9.52. The first-order chi connectivity index (χ1) is 13.6. The van der Waals surface area contributed by atoms with Crippen LogP contribution in [-0.2, 0) is 5.54 Å². The van der Waals surface area contributed by atoms with Gasteiger partial charge in [-0.25, -0.2) is 0 Å². The van der Waals surface area contributed by atoms with Crippen LogP contribution in [0.25, 0.3) is 11.4 Å². The summed E-state index contributed by atoms with van der Waals surface area (Å²) in [6.45, 7) is 6.06. The molecule has 2 aromatic heterocycles. The molecule has 6 rings (SSSR count). The molecule has 0 aliphatic heterocycles. The Morgan fingerprint density at radius 2 is 2.00 bits per heavy atom. The lowest BCUT2D eigenvalue weighted by molar-refractivity contribution is -0.136. The highest BCUT2D eigenvalue weighted by Crippen LogP contribution is 2.55. The first-order valence-corrected chi connectivity index (χ1v) is 10.8. The number of hydrogen-bond acceptors (Lipinski definition) is 5. The molecule has 0 saturated heterocycles. The number of rotatable bonds is 3. The van der Waals surface area contributed by atoms with Crippen molar-refractivity contribution in [2.45, 2.75) is 70.1 Å². The van der Waals surface area contributed by atoms with Crippen molar-refractivity contribution in [2.75, 3.05) is 0 Å². The zero-order chi connectivity index (χ0) is 20.6. The van der Waals surface area contributed by atoms with Gasteiger partial charge in [0.05, 0.1) is 22.9 Å². The molecule has 4 aliphatic rings. The van der Waals surface area contributed by atoms with E-state index < -0.39 is 5.60 Å². The second-order valence-corrected chi connectivity index (χ2v) is 10.6. The van der Waals surface area contributed by atoms with Crippen LogP contribution in [0.5, 0.6) is 0 Å². The number of hydrogen-bond donors (Lipinski definition) is 2. The quantitative estimate of drug-likeness (QED) is 0.794. The molecule has 2 N–H and O–H groups in total. The summed E-state index contributed by atoms with van der Waals surface area (Å²) in [5, 5.41) is 22.8.